The maximum absolute atomic E-state index is 13.3. The second kappa shape index (κ2) is 11.5. The molecule has 1 aliphatic rings. The van der Waals surface area contributed by atoms with Gasteiger partial charge in [0.25, 0.3) is 6.43 Å². The van der Waals surface area contributed by atoms with Crippen molar-refractivity contribution >= 4 is 28.6 Å². The summed E-state index contributed by atoms with van der Waals surface area (Å²) in [5.74, 6) is -0.503. The van der Waals surface area contributed by atoms with Crippen LogP contribution in [0.4, 0.5) is 19.3 Å². The van der Waals surface area contributed by atoms with Crippen LogP contribution in [0.1, 0.15) is 17.6 Å². The number of nitrogens with zero attached hydrogens (tertiary/aromatic N) is 1. The summed E-state index contributed by atoms with van der Waals surface area (Å²) in [7, 11) is 0. The van der Waals surface area contributed by atoms with Crippen molar-refractivity contribution in [2.24, 2.45) is 0 Å². The van der Waals surface area contributed by atoms with Gasteiger partial charge in [0, 0.05) is 48.3 Å². The Bertz CT molecular complexity index is 1230. The molecule has 1 fully saturated rings. The Morgan fingerprint density at radius 1 is 1.03 bits per heavy atom. The van der Waals surface area contributed by atoms with Crippen molar-refractivity contribution in [2.75, 3.05) is 31.6 Å². The summed E-state index contributed by atoms with van der Waals surface area (Å²) in [4.78, 5) is 39.1. The predicted molar refractivity (Wildman–Crippen MR) is 121 cm³/mol. The SMILES string of the molecule is O=C(Nc1ccc2c(C(F)F)cc(=O)oc2c1)C(Cc1ccccc1)NC(=O)N1CCOCC1.[F-]. The first-order valence-corrected chi connectivity index (χ1v) is 10.7. The van der Waals surface area contributed by atoms with Crippen LogP contribution in [0, 0.1) is 0 Å². The maximum Gasteiger partial charge on any atom is 0.336 e. The first-order chi connectivity index (χ1) is 16.4. The standard InChI is InChI=1S/C24H23F2N3O5.FH/c25-22(26)18-14-21(30)34-20-13-16(6-7-17(18)20)27-23(31)19(12-15-4-2-1-3-5-15)28-24(32)29-8-10-33-11-9-29;/h1-7,13-14,19,22H,8-12H2,(H,27,31)(H,28,32);1H/p-1. The fourth-order valence-corrected chi connectivity index (χ4v) is 3.74. The second-order valence-electron chi connectivity index (χ2n) is 7.81. The van der Waals surface area contributed by atoms with E-state index in [1.807, 2.05) is 30.3 Å². The van der Waals surface area contributed by atoms with Gasteiger partial charge in [-0.3, -0.25) is 4.79 Å². The van der Waals surface area contributed by atoms with Crippen molar-refractivity contribution in [3.8, 4) is 0 Å². The number of alkyl halides is 2. The Morgan fingerprint density at radius 2 is 1.74 bits per heavy atom. The number of ether oxygens (including phenoxy) is 1. The smallest absolute Gasteiger partial charge is 0.336 e. The molecule has 0 spiro atoms. The molecule has 35 heavy (non-hydrogen) atoms. The number of morpholine rings is 1. The van der Waals surface area contributed by atoms with E-state index in [-0.39, 0.29) is 33.8 Å². The average Bonchev–Trinajstić information content (AvgIpc) is 2.84. The van der Waals surface area contributed by atoms with E-state index in [9.17, 15) is 23.2 Å². The Balaban J connectivity index is 0.00000342. The van der Waals surface area contributed by atoms with E-state index < -0.39 is 29.6 Å². The maximum atomic E-state index is 13.3. The molecule has 3 amide bonds. The van der Waals surface area contributed by atoms with Crippen molar-refractivity contribution in [1.29, 1.82) is 0 Å². The average molecular weight is 490 g/mol. The predicted octanol–water partition coefficient (Wildman–Crippen LogP) is 0.326. The van der Waals surface area contributed by atoms with Crippen molar-refractivity contribution in [3.05, 3.63) is 76.1 Å². The van der Waals surface area contributed by atoms with E-state index in [1.54, 1.807) is 4.90 Å². The molecule has 0 saturated carbocycles. The van der Waals surface area contributed by atoms with Gasteiger partial charge in [-0.1, -0.05) is 30.3 Å². The Morgan fingerprint density at radius 3 is 2.43 bits per heavy atom. The van der Waals surface area contributed by atoms with Gasteiger partial charge in [-0.15, -0.1) is 0 Å². The van der Waals surface area contributed by atoms with Gasteiger partial charge < -0.3 is 29.4 Å². The quantitative estimate of drug-likeness (QED) is 0.485. The van der Waals surface area contributed by atoms with E-state index in [0.717, 1.165) is 11.6 Å². The van der Waals surface area contributed by atoms with Crippen LogP contribution in [0.25, 0.3) is 11.0 Å². The molecule has 1 unspecified atom stereocenters. The second-order valence-corrected chi connectivity index (χ2v) is 7.81. The lowest BCUT2D eigenvalue weighted by Gasteiger charge is -2.29. The first kappa shape index (κ1) is 25.8. The van der Waals surface area contributed by atoms with Gasteiger partial charge in [-0.25, -0.2) is 18.4 Å². The highest BCUT2D eigenvalue weighted by molar-refractivity contribution is 5.98. The highest BCUT2D eigenvalue weighted by atomic mass is 19.3. The minimum atomic E-state index is -2.85. The molecule has 186 valence electrons. The summed E-state index contributed by atoms with van der Waals surface area (Å²) in [6.45, 7) is 1.68. The summed E-state index contributed by atoms with van der Waals surface area (Å²) in [6, 6.07) is 12.8. The molecular weight excluding hydrogens is 467 g/mol. The fourth-order valence-electron chi connectivity index (χ4n) is 3.74. The van der Waals surface area contributed by atoms with Crippen LogP contribution in [0.3, 0.4) is 0 Å². The number of carbonyl (C=O) groups excluding carboxylic acids is 2. The molecule has 1 aliphatic heterocycles. The molecule has 0 bridgehead atoms. The largest absolute Gasteiger partial charge is 1.00 e. The van der Waals surface area contributed by atoms with E-state index >= 15 is 0 Å². The zero-order valence-electron chi connectivity index (χ0n) is 18.5. The van der Waals surface area contributed by atoms with Crippen molar-refractivity contribution in [2.45, 2.75) is 18.9 Å². The van der Waals surface area contributed by atoms with Gasteiger partial charge in [-0.2, -0.15) is 0 Å². The van der Waals surface area contributed by atoms with Crippen molar-refractivity contribution < 1.29 is 32.2 Å². The number of nitrogens with one attached hydrogen (secondary N) is 2. The van der Waals surface area contributed by atoms with Crippen LogP contribution in [-0.2, 0) is 16.0 Å². The number of rotatable bonds is 6. The van der Waals surface area contributed by atoms with E-state index in [1.165, 1.54) is 18.2 Å². The molecule has 8 nitrogen and oxygen atoms in total. The van der Waals surface area contributed by atoms with Crippen molar-refractivity contribution in [1.82, 2.24) is 10.2 Å². The molecule has 0 radical (unpaired) electrons. The molecule has 1 saturated heterocycles. The minimum absolute atomic E-state index is 0. The Hall–Kier alpha value is -3.86. The highest BCUT2D eigenvalue weighted by Gasteiger charge is 2.25. The summed E-state index contributed by atoms with van der Waals surface area (Å²) >= 11 is 0. The normalized spacial score (nSPS) is 14.3. The molecule has 4 rings (SSSR count). The van der Waals surface area contributed by atoms with Gasteiger partial charge >= 0.3 is 11.7 Å². The van der Waals surface area contributed by atoms with Crippen LogP contribution in [-0.4, -0.2) is 49.2 Å². The van der Waals surface area contributed by atoms with E-state index in [0.29, 0.717) is 26.3 Å². The van der Waals surface area contributed by atoms with Gasteiger partial charge in [0.1, 0.15) is 11.6 Å². The van der Waals surface area contributed by atoms with Gasteiger partial charge in [-0.05, 0) is 17.7 Å². The zero-order chi connectivity index (χ0) is 24.1. The summed E-state index contributed by atoms with van der Waals surface area (Å²) in [5.41, 5.74) is -0.339. The number of carbonyl (C=O) groups is 2. The Labute approximate surface area is 198 Å². The van der Waals surface area contributed by atoms with Gasteiger partial charge in [0.15, 0.2) is 0 Å². The lowest BCUT2D eigenvalue weighted by Crippen LogP contribution is -3.00. The molecule has 11 heteroatoms. The molecule has 2 aromatic carbocycles. The summed E-state index contributed by atoms with van der Waals surface area (Å²) in [5, 5.41) is 5.53. The molecule has 1 atom stereocenters. The number of amides is 3. The third-order valence-electron chi connectivity index (χ3n) is 5.47. The number of halogens is 3. The third-order valence-corrected chi connectivity index (χ3v) is 5.47. The van der Waals surface area contributed by atoms with Crippen LogP contribution < -0.4 is 21.0 Å². The highest BCUT2D eigenvalue weighted by Crippen LogP contribution is 2.28. The molecule has 0 aliphatic carbocycles. The van der Waals surface area contributed by atoms with Crippen LogP contribution in [0.2, 0.25) is 0 Å². The van der Waals surface area contributed by atoms with E-state index in [4.69, 9.17) is 9.15 Å². The Kier molecular flexibility index (Phi) is 8.48. The molecule has 2 heterocycles. The monoisotopic (exact) mass is 490 g/mol. The lowest BCUT2D eigenvalue weighted by atomic mass is 10.0. The molecule has 1 aromatic heterocycles. The zero-order valence-corrected chi connectivity index (χ0v) is 18.5. The molecule has 3 aromatic rings. The molecular formula is C24H23F3N3O5-. The minimum Gasteiger partial charge on any atom is -1.00 e. The lowest BCUT2D eigenvalue weighted by molar-refractivity contribution is -0.118. The number of fused-ring (bicyclic) bond motifs is 1. The van der Waals surface area contributed by atoms with Crippen LogP contribution in [0.5, 0.6) is 0 Å². The van der Waals surface area contributed by atoms with Crippen LogP contribution >= 0.6 is 0 Å². The van der Waals surface area contributed by atoms with Crippen molar-refractivity contribution in [3.63, 3.8) is 0 Å². The number of benzene rings is 2. The van der Waals surface area contributed by atoms with E-state index in [2.05, 4.69) is 10.6 Å². The topological polar surface area (TPSA) is 101 Å². The summed E-state index contributed by atoms with van der Waals surface area (Å²) < 4.78 is 36.9. The molecule has 2 N–H and O–H groups in total. The van der Waals surface area contributed by atoms with Crippen LogP contribution in [0.15, 0.2) is 63.8 Å². The fraction of sp³-hybridized carbons (Fsp3) is 0.292. The first-order valence-electron chi connectivity index (χ1n) is 10.7. The van der Waals surface area contributed by atoms with Gasteiger partial charge in [0.2, 0.25) is 5.91 Å². The third kappa shape index (κ3) is 6.38. The number of hydrogen-bond acceptors (Lipinski definition) is 5. The number of urea groups is 1. The van der Waals surface area contributed by atoms with Gasteiger partial charge in [0.05, 0.1) is 13.2 Å². The number of hydrogen-bond donors (Lipinski definition) is 2. The summed E-state index contributed by atoms with van der Waals surface area (Å²) in [6.07, 6.45) is -2.61. The number of anilines is 1.